The molecule has 0 unspecified atom stereocenters. The van der Waals surface area contributed by atoms with Crippen molar-refractivity contribution in [3.8, 4) is 0 Å². The number of hydrogen-bond donors (Lipinski definition) is 1. The summed E-state index contributed by atoms with van der Waals surface area (Å²) in [5.74, 6) is 0. The van der Waals surface area contributed by atoms with Crippen molar-refractivity contribution in [2.45, 2.75) is 44.4 Å². The van der Waals surface area contributed by atoms with Crippen molar-refractivity contribution < 1.29 is 4.74 Å². The van der Waals surface area contributed by atoms with Gasteiger partial charge in [0.25, 0.3) is 0 Å². The predicted molar refractivity (Wildman–Crippen MR) is 80.7 cm³/mol. The summed E-state index contributed by atoms with van der Waals surface area (Å²) in [4.78, 5) is 0. The maximum Gasteiger partial charge on any atom is 0.0587 e. The van der Waals surface area contributed by atoms with Gasteiger partial charge in [0.05, 0.1) is 6.61 Å². The van der Waals surface area contributed by atoms with Crippen molar-refractivity contribution >= 4 is 0 Å². The summed E-state index contributed by atoms with van der Waals surface area (Å²) in [6.45, 7) is 4.99. The summed E-state index contributed by atoms with van der Waals surface area (Å²) < 4.78 is 5.12. The van der Waals surface area contributed by atoms with Gasteiger partial charge >= 0.3 is 0 Å². The number of benzene rings is 1. The Morgan fingerprint density at radius 2 is 1.79 bits per heavy atom. The molecule has 1 aromatic rings. The fourth-order valence-corrected chi connectivity index (χ4v) is 3.21. The number of ether oxygens (including phenoxy) is 1. The van der Waals surface area contributed by atoms with Crippen LogP contribution in [0.3, 0.4) is 0 Å². The molecule has 0 heterocycles. The Hall–Kier alpha value is -0.860. The van der Waals surface area contributed by atoms with Gasteiger partial charge in [-0.3, -0.25) is 0 Å². The van der Waals surface area contributed by atoms with Gasteiger partial charge in [0.15, 0.2) is 0 Å². The molecule has 1 aliphatic carbocycles. The SMILES string of the molecule is COCCNCC1(c2ccc(C)cc2)CCCCC1. The van der Waals surface area contributed by atoms with Crippen LogP contribution in [0.25, 0.3) is 0 Å². The van der Waals surface area contributed by atoms with Crippen LogP contribution >= 0.6 is 0 Å². The predicted octanol–water partition coefficient (Wildman–Crippen LogP) is 3.43. The van der Waals surface area contributed by atoms with E-state index in [4.69, 9.17) is 4.74 Å². The molecular formula is C17H27NO. The van der Waals surface area contributed by atoms with Crippen LogP contribution in [0.1, 0.15) is 43.2 Å². The maximum atomic E-state index is 5.12. The van der Waals surface area contributed by atoms with Gasteiger partial charge in [0.2, 0.25) is 0 Å². The zero-order chi connectivity index (χ0) is 13.6. The second-order valence-corrected chi connectivity index (χ2v) is 5.88. The lowest BCUT2D eigenvalue weighted by atomic mass is 9.69. The summed E-state index contributed by atoms with van der Waals surface area (Å²) >= 11 is 0. The average Bonchev–Trinajstić information content (AvgIpc) is 2.45. The Morgan fingerprint density at radius 3 is 2.42 bits per heavy atom. The fourth-order valence-electron chi connectivity index (χ4n) is 3.21. The van der Waals surface area contributed by atoms with E-state index in [0.29, 0.717) is 5.41 Å². The number of nitrogens with one attached hydrogen (secondary N) is 1. The highest BCUT2D eigenvalue weighted by molar-refractivity contribution is 5.29. The molecule has 1 aromatic carbocycles. The molecule has 1 saturated carbocycles. The van der Waals surface area contributed by atoms with Crippen LogP contribution in [0.2, 0.25) is 0 Å². The molecule has 0 saturated heterocycles. The molecule has 0 bridgehead atoms. The molecule has 2 rings (SSSR count). The van der Waals surface area contributed by atoms with Crippen LogP contribution in [-0.4, -0.2) is 26.8 Å². The first kappa shape index (κ1) is 14.5. The number of aryl methyl sites for hydroxylation is 1. The van der Waals surface area contributed by atoms with E-state index in [9.17, 15) is 0 Å². The zero-order valence-corrected chi connectivity index (χ0v) is 12.4. The lowest BCUT2D eigenvalue weighted by molar-refractivity contribution is 0.192. The number of rotatable bonds is 6. The van der Waals surface area contributed by atoms with Gasteiger partial charge in [0.1, 0.15) is 0 Å². The molecule has 1 aliphatic rings. The first-order valence-electron chi connectivity index (χ1n) is 7.54. The van der Waals surface area contributed by atoms with E-state index >= 15 is 0 Å². The molecule has 1 fully saturated rings. The van der Waals surface area contributed by atoms with Gasteiger partial charge in [0, 0.05) is 25.6 Å². The van der Waals surface area contributed by atoms with Crippen LogP contribution < -0.4 is 5.32 Å². The molecule has 1 N–H and O–H groups in total. The van der Waals surface area contributed by atoms with Crippen molar-refractivity contribution in [3.05, 3.63) is 35.4 Å². The zero-order valence-electron chi connectivity index (χ0n) is 12.4. The molecule has 0 spiro atoms. The molecule has 0 radical (unpaired) electrons. The molecule has 2 heteroatoms. The van der Waals surface area contributed by atoms with Crippen molar-refractivity contribution in [1.82, 2.24) is 5.32 Å². The van der Waals surface area contributed by atoms with Crippen molar-refractivity contribution in [2.75, 3.05) is 26.8 Å². The summed E-state index contributed by atoms with van der Waals surface area (Å²) in [5.41, 5.74) is 3.21. The van der Waals surface area contributed by atoms with Gasteiger partial charge in [-0.1, -0.05) is 49.1 Å². The minimum atomic E-state index is 0.347. The van der Waals surface area contributed by atoms with Crippen LogP contribution in [0.4, 0.5) is 0 Å². The lowest BCUT2D eigenvalue weighted by Crippen LogP contribution is -2.40. The van der Waals surface area contributed by atoms with Gasteiger partial charge in [-0.15, -0.1) is 0 Å². The van der Waals surface area contributed by atoms with Gasteiger partial charge in [-0.2, -0.15) is 0 Å². The van der Waals surface area contributed by atoms with Gasteiger partial charge in [-0.25, -0.2) is 0 Å². The van der Waals surface area contributed by atoms with Crippen molar-refractivity contribution in [2.24, 2.45) is 0 Å². The maximum absolute atomic E-state index is 5.12. The number of hydrogen-bond acceptors (Lipinski definition) is 2. The summed E-state index contributed by atoms with van der Waals surface area (Å²) in [5, 5.41) is 3.58. The third kappa shape index (κ3) is 3.80. The van der Waals surface area contributed by atoms with E-state index in [1.807, 2.05) is 0 Å². The molecule has 0 aliphatic heterocycles. The van der Waals surface area contributed by atoms with Crippen LogP contribution in [-0.2, 0) is 10.2 Å². The van der Waals surface area contributed by atoms with Crippen LogP contribution in [0, 0.1) is 6.92 Å². The quantitative estimate of drug-likeness (QED) is 0.792. The summed E-state index contributed by atoms with van der Waals surface area (Å²) in [6.07, 6.45) is 6.75. The Kier molecular flexibility index (Phi) is 5.41. The summed E-state index contributed by atoms with van der Waals surface area (Å²) in [7, 11) is 1.76. The number of methoxy groups -OCH3 is 1. The van der Waals surface area contributed by atoms with E-state index in [2.05, 4.69) is 36.5 Å². The molecule has 106 valence electrons. The Labute approximate surface area is 117 Å². The van der Waals surface area contributed by atoms with E-state index in [-0.39, 0.29) is 0 Å². The van der Waals surface area contributed by atoms with E-state index in [1.165, 1.54) is 43.2 Å². The second-order valence-electron chi connectivity index (χ2n) is 5.88. The lowest BCUT2D eigenvalue weighted by Gasteiger charge is -2.38. The van der Waals surface area contributed by atoms with Crippen LogP contribution in [0.5, 0.6) is 0 Å². The van der Waals surface area contributed by atoms with Gasteiger partial charge < -0.3 is 10.1 Å². The normalized spacial score (nSPS) is 18.4. The minimum Gasteiger partial charge on any atom is -0.383 e. The Morgan fingerprint density at radius 1 is 1.11 bits per heavy atom. The highest BCUT2D eigenvalue weighted by atomic mass is 16.5. The van der Waals surface area contributed by atoms with Crippen LogP contribution in [0.15, 0.2) is 24.3 Å². The van der Waals surface area contributed by atoms with Crippen molar-refractivity contribution in [1.29, 1.82) is 0 Å². The first-order chi connectivity index (χ1) is 9.27. The molecule has 2 nitrogen and oxygen atoms in total. The Bertz CT molecular complexity index is 365. The molecule has 0 aromatic heterocycles. The van der Waals surface area contributed by atoms with Crippen molar-refractivity contribution in [3.63, 3.8) is 0 Å². The topological polar surface area (TPSA) is 21.3 Å². The van der Waals surface area contributed by atoms with E-state index in [0.717, 1.165) is 19.7 Å². The minimum absolute atomic E-state index is 0.347. The fraction of sp³-hybridized carbons (Fsp3) is 0.647. The molecule has 0 atom stereocenters. The molecular weight excluding hydrogens is 234 g/mol. The molecule has 19 heavy (non-hydrogen) atoms. The first-order valence-corrected chi connectivity index (χ1v) is 7.54. The highest BCUT2D eigenvalue weighted by Crippen LogP contribution is 2.39. The monoisotopic (exact) mass is 261 g/mol. The second kappa shape index (κ2) is 7.06. The summed E-state index contributed by atoms with van der Waals surface area (Å²) in [6, 6.07) is 9.17. The van der Waals surface area contributed by atoms with E-state index in [1.54, 1.807) is 7.11 Å². The van der Waals surface area contributed by atoms with Gasteiger partial charge in [-0.05, 0) is 25.3 Å². The molecule has 0 amide bonds. The third-order valence-corrected chi connectivity index (χ3v) is 4.42. The largest absolute Gasteiger partial charge is 0.383 e. The highest BCUT2D eigenvalue weighted by Gasteiger charge is 2.33. The van der Waals surface area contributed by atoms with E-state index < -0.39 is 0 Å². The average molecular weight is 261 g/mol. The Balaban J connectivity index is 2.07. The smallest absolute Gasteiger partial charge is 0.0587 e. The standard InChI is InChI=1S/C17H27NO/c1-15-6-8-16(9-7-15)17(10-4-3-5-11-17)14-18-12-13-19-2/h6-9,18H,3-5,10-14H2,1-2H3. The third-order valence-electron chi connectivity index (χ3n) is 4.42.